The van der Waals surface area contributed by atoms with Crippen LogP contribution in [0.2, 0.25) is 0 Å². The van der Waals surface area contributed by atoms with Crippen molar-refractivity contribution >= 4 is 11.7 Å². The van der Waals surface area contributed by atoms with Gasteiger partial charge in [-0.25, -0.2) is 9.18 Å². The lowest BCUT2D eigenvalue weighted by atomic mass is 9.92. The molecule has 9 heteroatoms. The maximum Gasteiger partial charge on any atom is 0.417 e. The van der Waals surface area contributed by atoms with Gasteiger partial charge in [-0.05, 0) is 53.5 Å². The summed E-state index contributed by atoms with van der Waals surface area (Å²) in [4.78, 5) is 13.1. The van der Waals surface area contributed by atoms with Crippen molar-refractivity contribution in [2.24, 2.45) is 0 Å². The van der Waals surface area contributed by atoms with Crippen LogP contribution in [-0.2, 0) is 10.9 Å². The first-order valence-electron chi connectivity index (χ1n) is 9.46. The van der Waals surface area contributed by atoms with Gasteiger partial charge in [-0.3, -0.25) is 0 Å². The number of alkyl halides is 3. The fourth-order valence-corrected chi connectivity index (χ4v) is 3.37. The number of ether oxygens (including phenoxy) is 3. The topological polar surface area (TPSA) is 48.0 Å². The summed E-state index contributed by atoms with van der Waals surface area (Å²) in [5.74, 6) is -0.0721. The van der Waals surface area contributed by atoms with Crippen molar-refractivity contribution in [2.75, 3.05) is 33.9 Å². The van der Waals surface area contributed by atoms with Crippen molar-refractivity contribution < 1.29 is 36.6 Å². The van der Waals surface area contributed by atoms with E-state index in [4.69, 9.17) is 14.2 Å². The van der Waals surface area contributed by atoms with Crippen molar-refractivity contribution in [3.05, 3.63) is 65.0 Å². The number of halogens is 4. The van der Waals surface area contributed by atoms with Gasteiger partial charge in [0.1, 0.15) is 12.4 Å². The molecular weight excluding hydrogens is 418 g/mol. The molecule has 0 atom stereocenters. The number of carbonyl (C=O) groups excluding carboxylic acids is 1. The van der Waals surface area contributed by atoms with Gasteiger partial charge in [0.15, 0.2) is 11.5 Å². The normalized spacial score (nSPS) is 14.6. The van der Waals surface area contributed by atoms with E-state index in [0.717, 1.165) is 18.2 Å². The number of hydrogen-bond acceptors (Lipinski definition) is 4. The summed E-state index contributed by atoms with van der Waals surface area (Å²) in [5.41, 5.74) is -0.711. The Balaban J connectivity index is 2.08. The predicted molar refractivity (Wildman–Crippen MR) is 106 cm³/mol. The highest BCUT2D eigenvalue weighted by molar-refractivity contribution is 5.83. The van der Waals surface area contributed by atoms with E-state index in [9.17, 15) is 22.4 Å². The Labute approximate surface area is 176 Å². The minimum Gasteiger partial charge on any atom is -0.493 e. The van der Waals surface area contributed by atoms with Crippen LogP contribution < -0.4 is 9.47 Å². The van der Waals surface area contributed by atoms with E-state index in [1.807, 2.05) is 0 Å². The standard InChI is InChI=1S/C22H21F4NO4/c1-29-19-8-5-14(12-20(19)30-2)16(4-3-9-27-10-11-31-21(27)28)17-13-15(23)6-7-18(17)22(24,25)26/h4-8,12-13H,3,9-11H2,1-2H3/b16-4+. The second-order valence-electron chi connectivity index (χ2n) is 6.77. The van der Waals surface area contributed by atoms with Crippen molar-refractivity contribution in [3.8, 4) is 11.5 Å². The lowest BCUT2D eigenvalue weighted by Gasteiger charge is -2.18. The summed E-state index contributed by atoms with van der Waals surface area (Å²) >= 11 is 0. The Hall–Kier alpha value is -3.23. The molecular formula is C22H21F4NO4. The molecule has 0 aliphatic carbocycles. The number of carbonyl (C=O) groups is 1. The minimum atomic E-state index is -4.68. The molecule has 1 heterocycles. The van der Waals surface area contributed by atoms with Crippen LogP contribution in [0.15, 0.2) is 42.5 Å². The Kier molecular flexibility index (Phi) is 6.72. The number of benzene rings is 2. The van der Waals surface area contributed by atoms with Gasteiger partial charge in [0.2, 0.25) is 0 Å². The third-order valence-electron chi connectivity index (χ3n) is 4.86. The van der Waals surface area contributed by atoms with Gasteiger partial charge in [0, 0.05) is 6.54 Å². The van der Waals surface area contributed by atoms with Gasteiger partial charge in [0.25, 0.3) is 0 Å². The van der Waals surface area contributed by atoms with E-state index in [0.29, 0.717) is 23.6 Å². The van der Waals surface area contributed by atoms with Gasteiger partial charge in [-0.1, -0.05) is 12.1 Å². The van der Waals surface area contributed by atoms with E-state index in [2.05, 4.69) is 0 Å². The summed E-state index contributed by atoms with van der Waals surface area (Å²) in [6.07, 6.45) is -3.36. The zero-order chi connectivity index (χ0) is 22.6. The molecule has 0 saturated carbocycles. The summed E-state index contributed by atoms with van der Waals surface area (Å²) in [6.45, 7) is 0.936. The van der Waals surface area contributed by atoms with Crippen LogP contribution in [-0.4, -0.2) is 44.9 Å². The number of cyclic esters (lactones) is 1. The predicted octanol–water partition coefficient (Wildman–Crippen LogP) is 5.14. The number of hydrogen-bond donors (Lipinski definition) is 0. The average Bonchev–Trinajstić information content (AvgIpc) is 3.14. The average molecular weight is 439 g/mol. The van der Waals surface area contributed by atoms with E-state index < -0.39 is 23.7 Å². The second kappa shape index (κ2) is 9.28. The molecule has 0 spiro atoms. The first kappa shape index (κ1) is 22.5. The first-order chi connectivity index (χ1) is 14.7. The molecule has 31 heavy (non-hydrogen) atoms. The SMILES string of the molecule is COc1ccc(/C(=C\CCN2CCOC2=O)c2cc(F)ccc2C(F)(F)F)cc1OC. The second-order valence-corrected chi connectivity index (χ2v) is 6.77. The van der Waals surface area contributed by atoms with Crippen LogP contribution in [0.5, 0.6) is 11.5 Å². The Bertz CT molecular complexity index is 988. The van der Waals surface area contributed by atoms with Crippen LogP contribution in [0.25, 0.3) is 5.57 Å². The molecule has 3 rings (SSSR count). The lowest BCUT2D eigenvalue weighted by molar-refractivity contribution is -0.137. The molecule has 0 radical (unpaired) electrons. The highest BCUT2D eigenvalue weighted by Gasteiger charge is 2.34. The lowest BCUT2D eigenvalue weighted by Crippen LogP contribution is -2.24. The zero-order valence-corrected chi connectivity index (χ0v) is 17.0. The van der Waals surface area contributed by atoms with Gasteiger partial charge < -0.3 is 19.1 Å². The van der Waals surface area contributed by atoms with Crippen molar-refractivity contribution in [1.29, 1.82) is 0 Å². The summed E-state index contributed by atoms with van der Waals surface area (Å²) in [7, 11) is 2.85. The molecule has 0 aromatic heterocycles. The van der Waals surface area contributed by atoms with E-state index in [-0.39, 0.29) is 30.7 Å². The molecule has 2 aromatic rings. The van der Waals surface area contributed by atoms with Gasteiger partial charge in [-0.15, -0.1) is 0 Å². The fraction of sp³-hybridized carbons (Fsp3) is 0.318. The molecule has 1 aliphatic heterocycles. The quantitative estimate of drug-likeness (QED) is 0.561. The monoisotopic (exact) mass is 439 g/mol. The van der Waals surface area contributed by atoms with E-state index in [1.165, 1.54) is 25.2 Å². The minimum absolute atomic E-state index is 0.167. The molecule has 0 unspecified atom stereocenters. The van der Waals surface area contributed by atoms with Crippen molar-refractivity contribution in [1.82, 2.24) is 4.90 Å². The van der Waals surface area contributed by atoms with Crippen LogP contribution in [0.1, 0.15) is 23.1 Å². The summed E-state index contributed by atoms with van der Waals surface area (Å²) in [6, 6.07) is 7.01. The summed E-state index contributed by atoms with van der Waals surface area (Å²) < 4.78 is 70.3. The number of nitrogens with zero attached hydrogens (tertiary/aromatic N) is 1. The summed E-state index contributed by atoms with van der Waals surface area (Å²) in [5, 5.41) is 0. The highest BCUT2D eigenvalue weighted by atomic mass is 19.4. The maximum atomic E-state index is 14.0. The highest BCUT2D eigenvalue weighted by Crippen LogP contribution is 2.39. The van der Waals surface area contributed by atoms with Gasteiger partial charge >= 0.3 is 12.3 Å². The van der Waals surface area contributed by atoms with Crippen LogP contribution in [0.4, 0.5) is 22.4 Å². The molecule has 1 amide bonds. The number of rotatable bonds is 7. The number of methoxy groups -OCH3 is 2. The van der Waals surface area contributed by atoms with Crippen LogP contribution in [0.3, 0.4) is 0 Å². The molecule has 2 aromatic carbocycles. The Morgan fingerprint density at radius 2 is 1.87 bits per heavy atom. The third-order valence-corrected chi connectivity index (χ3v) is 4.86. The van der Waals surface area contributed by atoms with Crippen molar-refractivity contribution in [3.63, 3.8) is 0 Å². The van der Waals surface area contributed by atoms with Crippen LogP contribution in [0, 0.1) is 5.82 Å². The molecule has 0 N–H and O–H groups in total. The molecule has 1 saturated heterocycles. The van der Waals surface area contributed by atoms with Crippen molar-refractivity contribution in [2.45, 2.75) is 12.6 Å². The smallest absolute Gasteiger partial charge is 0.417 e. The largest absolute Gasteiger partial charge is 0.493 e. The molecule has 0 bridgehead atoms. The third kappa shape index (κ3) is 5.10. The Morgan fingerprint density at radius 3 is 2.48 bits per heavy atom. The zero-order valence-electron chi connectivity index (χ0n) is 17.0. The number of amides is 1. The Morgan fingerprint density at radius 1 is 1.13 bits per heavy atom. The van der Waals surface area contributed by atoms with Gasteiger partial charge in [0.05, 0.1) is 26.3 Å². The van der Waals surface area contributed by atoms with Crippen LogP contribution >= 0.6 is 0 Å². The molecule has 1 fully saturated rings. The maximum absolute atomic E-state index is 14.0. The first-order valence-corrected chi connectivity index (χ1v) is 9.46. The fourth-order valence-electron chi connectivity index (χ4n) is 3.37. The molecule has 5 nitrogen and oxygen atoms in total. The van der Waals surface area contributed by atoms with Gasteiger partial charge in [-0.2, -0.15) is 13.2 Å². The molecule has 166 valence electrons. The van der Waals surface area contributed by atoms with E-state index >= 15 is 0 Å². The van der Waals surface area contributed by atoms with E-state index in [1.54, 1.807) is 18.2 Å². The molecule has 1 aliphatic rings.